The molecule has 1 aromatic heterocycles. The highest BCUT2D eigenvalue weighted by Crippen LogP contribution is 2.34. The van der Waals surface area contributed by atoms with Gasteiger partial charge in [-0.3, -0.25) is 4.79 Å². The highest BCUT2D eigenvalue weighted by molar-refractivity contribution is 7.03. The molecule has 1 aromatic carbocycles. The Hall–Kier alpha value is -2.15. The summed E-state index contributed by atoms with van der Waals surface area (Å²) in [7, 11) is 1.70. The topological polar surface area (TPSA) is 64.5 Å². The number of nitrogens with zero attached hydrogens (tertiary/aromatic N) is 3. The summed E-state index contributed by atoms with van der Waals surface area (Å²) in [5.41, 5.74) is 1.74. The minimum absolute atomic E-state index is 0.00361. The second-order valence-electron chi connectivity index (χ2n) is 7.74. The number of hydrogen-bond donors (Lipinski definition) is 0. The number of hydrogen-bond acceptors (Lipinski definition) is 6. The Labute approximate surface area is 170 Å². The maximum absolute atomic E-state index is 12.4. The van der Waals surface area contributed by atoms with Crippen molar-refractivity contribution in [3.8, 4) is 11.5 Å². The van der Waals surface area contributed by atoms with Crippen LogP contribution in [0.3, 0.4) is 0 Å². The van der Waals surface area contributed by atoms with Crippen LogP contribution in [0, 0.1) is 5.92 Å². The van der Waals surface area contributed by atoms with Gasteiger partial charge in [0.25, 0.3) is 5.91 Å². The Bertz CT molecular complexity index is 782. The van der Waals surface area contributed by atoms with Crippen molar-refractivity contribution >= 4 is 17.4 Å². The number of likely N-dealkylation sites (tertiary alicyclic amines) is 1. The molecule has 1 aliphatic heterocycles. The molecule has 0 spiro atoms. The van der Waals surface area contributed by atoms with E-state index in [4.69, 9.17) is 9.47 Å². The number of aromatic nitrogens is 2. The van der Waals surface area contributed by atoms with E-state index >= 15 is 0 Å². The molecule has 0 atom stereocenters. The monoisotopic (exact) mass is 401 g/mol. The molecular formula is C21H27N3O3S. The molecular weight excluding hydrogens is 374 g/mol. The highest BCUT2D eigenvalue weighted by atomic mass is 32.1. The summed E-state index contributed by atoms with van der Waals surface area (Å²) in [6.45, 7) is 1.56. The molecule has 0 bridgehead atoms. The lowest BCUT2D eigenvalue weighted by Crippen LogP contribution is -2.39. The van der Waals surface area contributed by atoms with Gasteiger partial charge >= 0.3 is 0 Å². The quantitative estimate of drug-likeness (QED) is 0.733. The largest absolute Gasteiger partial charge is 0.493 e. The first-order chi connectivity index (χ1) is 13.7. The van der Waals surface area contributed by atoms with E-state index < -0.39 is 0 Å². The number of piperidine rings is 1. The van der Waals surface area contributed by atoms with Crippen LogP contribution in [0.2, 0.25) is 0 Å². The Kier molecular flexibility index (Phi) is 6.10. The fourth-order valence-corrected chi connectivity index (χ4v) is 4.65. The maximum Gasteiger partial charge on any atom is 0.275 e. The molecule has 2 aliphatic rings. The molecule has 28 heavy (non-hydrogen) atoms. The normalized spacial score (nSPS) is 18.4. The van der Waals surface area contributed by atoms with Crippen LogP contribution in [-0.4, -0.2) is 46.7 Å². The van der Waals surface area contributed by atoms with Crippen LogP contribution in [0.4, 0.5) is 0 Å². The van der Waals surface area contributed by atoms with E-state index in [1.54, 1.807) is 12.5 Å². The van der Waals surface area contributed by atoms with E-state index in [2.05, 4.69) is 21.7 Å². The number of methoxy groups -OCH3 is 1. The van der Waals surface area contributed by atoms with Crippen LogP contribution < -0.4 is 9.47 Å². The summed E-state index contributed by atoms with van der Waals surface area (Å²) >= 11 is 1.22. The summed E-state index contributed by atoms with van der Waals surface area (Å²) in [5, 5.41) is 5.62. The molecule has 4 rings (SSSR count). The van der Waals surface area contributed by atoms with E-state index in [1.807, 2.05) is 11.0 Å². The second-order valence-corrected chi connectivity index (χ2v) is 8.35. The van der Waals surface area contributed by atoms with Gasteiger partial charge in [0.1, 0.15) is 0 Å². The molecule has 0 N–H and O–H groups in total. The number of benzene rings is 1. The lowest BCUT2D eigenvalue weighted by atomic mass is 9.90. The zero-order chi connectivity index (χ0) is 19.3. The van der Waals surface area contributed by atoms with Gasteiger partial charge in [-0.05, 0) is 80.1 Å². The van der Waals surface area contributed by atoms with Crippen LogP contribution in [-0.2, 0) is 6.42 Å². The lowest BCUT2D eigenvalue weighted by molar-refractivity contribution is 0.0684. The summed E-state index contributed by atoms with van der Waals surface area (Å²) in [6.07, 6.45) is 8.11. The molecule has 2 heterocycles. The van der Waals surface area contributed by atoms with E-state index in [-0.39, 0.29) is 5.91 Å². The van der Waals surface area contributed by atoms with Crippen molar-refractivity contribution < 1.29 is 14.3 Å². The molecule has 0 unspecified atom stereocenters. The Morgan fingerprint density at radius 3 is 2.64 bits per heavy atom. The van der Waals surface area contributed by atoms with Crippen molar-refractivity contribution in [1.29, 1.82) is 0 Å². The molecule has 2 fully saturated rings. The second kappa shape index (κ2) is 8.90. The standard InChI is InChI=1S/C21H27N3O3S/c1-26-19-7-6-16(13-20(19)27-17-4-2-3-5-17)12-15-8-10-24(11-9-15)21(25)18-14-28-23-22-18/h6-7,13-15,17H,2-5,8-12H2,1H3. The Morgan fingerprint density at radius 1 is 1.18 bits per heavy atom. The van der Waals surface area contributed by atoms with E-state index in [1.165, 1.54) is 29.9 Å². The van der Waals surface area contributed by atoms with Crippen LogP contribution in [0.15, 0.2) is 23.6 Å². The average Bonchev–Trinajstić information content (AvgIpc) is 3.43. The number of carbonyl (C=O) groups excluding carboxylic acids is 1. The molecule has 1 aliphatic carbocycles. The van der Waals surface area contributed by atoms with Gasteiger partial charge in [0.05, 0.1) is 13.2 Å². The fraction of sp³-hybridized carbons (Fsp3) is 0.571. The molecule has 7 heteroatoms. The van der Waals surface area contributed by atoms with Gasteiger partial charge in [0, 0.05) is 18.5 Å². The van der Waals surface area contributed by atoms with Gasteiger partial charge in [-0.25, -0.2) is 0 Å². The van der Waals surface area contributed by atoms with Crippen molar-refractivity contribution in [1.82, 2.24) is 14.5 Å². The number of ether oxygens (including phenoxy) is 2. The van der Waals surface area contributed by atoms with Crippen molar-refractivity contribution in [3.05, 3.63) is 34.8 Å². The minimum Gasteiger partial charge on any atom is -0.493 e. The van der Waals surface area contributed by atoms with Gasteiger partial charge in [-0.15, -0.1) is 5.10 Å². The molecule has 2 aromatic rings. The summed E-state index contributed by atoms with van der Waals surface area (Å²) in [6, 6.07) is 6.31. The highest BCUT2D eigenvalue weighted by Gasteiger charge is 2.25. The lowest BCUT2D eigenvalue weighted by Gasteiger charge is -2.31. The van der Waals surface area contributed by atoms with Crippen molar-refractivity contribution in [3.63, 3.8) is 0 Å². The Morgan fingerprint density at radius 2 is 1.96 bits per heavy atom. The van der Waals surface area contributed by atoms with Gasteiger partial charge in [0.15, 0.2) is 17.2 Å². The summed E-state index contributed by atoms with van der Waals surface area (Å²) in [5.74, 6) is 2.26. The van der Waals surface area contributed by atoms with E-state index in [0.717, 1.165) is 56.7 Å². The van der Waals surface area contributed by atoms with Gasteiger partial charge in [-0.2, -0.15) is 0 Å². The third-order valence-electron chi connectivity index (χ3n) is 5.83. The third-order valence-corrected chi connectivity index (χ3v) is 6.33. The zero-order valence-corrected chi connectivity index (χ0v) is 17.1. The summed E-state index contributed by atoms with van der Waals surface area (Å²) in [4.78, 5) is 14.3. The molecule has 150 valence electrons. The van der Waals surface area contributed by atoms with Crippen LogP contribution in [0.25, 0.3) is 0 Å². The van der Waals surface area contributed by atoms with Crippen LogP contribution >= 0.6 is 11.5 Å². The summed E-state index contributed by atoms with van der Waals surface area (Å²) < 4.78 is 15.5. The van der Waals surface area contributed by atoms with Gasteiger partial charge in [-0.1, -0.05) is 10.6 Å². The predicted molar refractivity (Wildman–Crippen MR) is 108 cm³/mol. The van der Waals surface area contributed by atoms with Gasteiger partial charge < -0.3 is 14.4 Å². The van der Waals surface area contributed by atoms with E-state index in [0.29, 0.717) is 17.7 Å². The molecule has 6 nitrogen and oxygen atoms in total. The van der Waals surface area contributed by atoms with Crippen molar-refractivity contribution in [2.75, 3.05) is 20.2 Å². The number of carbonyl (C=O) groups is 1. The van der Waals surface area contributed by atoms with Crippen LogP contribution in [0.1, 0.15) is 54.6 Å². The van der Waals surface area contributed by atoms with Crippen LogP contribution in [0.5, 0.6) is 11.5 Å². The first kappa shape index (κ1) is 19.2. The fourth-order valence-electron chi connectivity index (χ4n) is 4.22. The molecule has 1 saturated heterocycles. The average molecular weight is 402 g/mol. The maximum atomic E-state index is 12.4. The number of amides is 1. The minimum atomic E-state index is 0.00361. The smallest absolute Gasteiger partial charge is 0.275 e. The third kappa shape index (κ3) is 4.46. The van der Waals surface area contributed by atoms with E-state index in [9.17, 15) is 4.79 Å². The predicted octanol–water partition coefficient (Wildman–Crippen LogP) is 3.96. The number of rotatable bonds is 6. The zero-order valence-electron chi connectivity index (χ0n) is 16.3. The van der Waals surface area contributed by atoms with Crippen molar-refractivity contribution in [2.24, 2.45) is 5.92 Å². The molecule has 1 saturated carbocycles. The van der Waals surface area contributed by atoms with Crippen molar-refractivity contribution in [2.45, 2.75) is 51.0 Å². The first-order valence-electron chi connectivity index (χ1n) is 10.1. The Balaban J connectivity index is 1.35. The molecule has 0 radical (unpaired) electrons. The van der Waals surface area contributed by atoms with Gasteiger partial charge in [0.2, 0.25) is 0 Å². The molecule has 1 amide bonds. The first-order valence-corrected chi connectivity index (χ1v) is 11.0. The SMILES string of the molecule is COc1ccc(CC2CCN(C(=O)c3csnn3)CC2)cc1OC1CCCC1.